The van der Waals surface area contributed by atoms with Gasteiger partial charge in [-0.2, -0.15) is 0 Å². The zero-order valence-corrected chi connectivity index (χ0v) is 7.54. The molecular weight excluding hydrogens is 182 g/mol. The van der Waals surface area contributed by atoms with Crippen molar-refractivity contribution in [3.63, 3.8) is 0 Å². The number of thioether (sulfide) groups is 1. The second kappa shape index (κ2) is 3.73. The van der Waals surface area contributed by atoms with Gasteiger partial charge in [0.05, 0.1) is 6.42 Å². The molecule has 0 saturated carbocycles. The van der Waals surface area contributed by atoms with Crippen LogP contribution < -0.4 is 0 Å². The SMILES string of the molecule is CSc1csc(CC(=O)O)n1. The summed E-state index contributed by atoms with van der Waals surface area (Å²) in [5.41, 5.74) is 0. The van der Waals surface area contributed by atoms with E-state index in [-0.39, 0.29) is 6.42 Å². The van der Waals surface area contributed by atoms with Crippen LogP contribution in [0.15, 0.2) is 10.4 Å². The molecule has 0 fully saturated rings. The summed E-state index contributed by atoms with van der Waals surface area (Å²) in [4.78, 5) is 14.3. The smallest absolute Gasteiger partial charge is 0.310 e. The molecule has 0 bridgehead atoms. The van der Waals surface area contributed by atoms with Crippen LogP contribution in [-0.4, -0.2) is 22.3 Å². The van der Waals surface area contributed by atoms with Crippen molar-refractivity contribution < 1.29 is 9.90 Å². The number of aliphatic carboxylic acids is 1. The van der Waals surface area contributed by atoms with Gasteiger partial charge in [0.25, 0.3) is 0 Å². The van der Waals surface area contributed by atoms with Crippen LogP contribution in [0.3, 0.4) is 0 Å². The van der Waals surface area contributed by atoms with E-state index in [2.05, 4.69) is 4.98 Å². The summed E-state index contributed by atoms with van der Waals surface area (Å²) in [6.45, 7) is 0. The highest BCUT2D eigenvalue weighted by molar-refractivity contribution is 7.98. The highest BCUT2D eigenvalue weighted by Gasteiger charge is 2.04. The summed E-state index contributed by atoms with van der Waals surface area (Å²) in [6.07, 6.45) is 1.95. The Bertz CT molecular complexity index is 259. The first kappa shape index (κ1) is 8.55. The van der Waals surface area contributed by atoms with Gasteiger partial charge < -0.3 is 5.11 Å². The Morgan fingerprint density at radius 1 is 1.91 bits per heavy atom. The Hall–Kier alpha value is -0.550. The monoisotopic (exact) mass is 189 g/mol. The first-order valence-electron chi connectivity index (χ1n) is 2.92. The van der Waals surface area contributed by atoms with Crippen LogP contribution in [0, 0.1) is 0 Å². The summed E-state index contributed by atoms with van der Waals surface area (Å²) >= 11 is 2.91. The Balaban J connectivity index is 2.65. The van der Waals surface area contributed by atoms with Gasteiger partial charge in [-0.25, -0.2) is 4.98 Å². The molecule has 1 N–H and O–H groups in total. The average Bonchev–Trinajstić information content (AvgIpc) is 2.34. The van der Waals surface area contributed by atoms with Crippen molar-refractivity contribution in [1.82, 2.24) is 4.98 Å². The summed E-state index contributed by atoms with van der Waals surface area (Å²) < 4.78 is 0. The number of rotatable bonds is 3. The second-order valence-electron chi connectivity index (χ2n) is 1.85. The third kappa shape index (κ3) is 2.51. The molecule has 3 nitrogen and oxygen atoms in total. The number of carbonyl (C=O) groups is 1. The van der Waals surface area contributed by atoms with Gasteiger partial charge >= 0.3 is 5.97 Å². The van der Waals surface area contributed by atoms with Gasteiger partial charge in [0, 0.05) is 5.38 Å². The molecule has 0 spiro atoms. The molecule has 0 atom stereocenters. The Morgan fingerprint density at radius 2 is 2.64 bits per heavy atom. The van der Waals surface area contributed by atoms with Crippen LogP contribution in [0.25, 0.3) is 0 Å². The summed E-state index contributed by atoms with van der Waals surface area (Å²) in [6, 6.07) is 0. The first-order chi connectivity index (χ1) is 5.22. The van der Waals surface area contributed by atoms with Gasteiger partial charge in [0.1, 0.15) is 10.0 Å². The molecule has 5 heteroatoms. The number of thiazole rings is 1. The normalized spacial score (nSPS) is 9.91. The standard InChI is InChI=1S/C6H7NO2S2/c1-10-5-3-11-4(7-5)2-6(8)9/h3H,2H2,1H3,(H,8,9). The van der Waals surface area contributed by atoms with Crippen LogP contribution in [0.4, 0.5) is 0 Å². The van der Waals surface area contributed by atoms with Crippen molar-refractivity contribution in [2.24, 2.45) is 0 Å². The molecule has 60 valence electrons. The van der Waals surface area contributed by atoms with Crippen LogP contribution in [0.1, 0.15) is 5.01 Å². The first-order valence-corrected chi connectivity index (χ1v) is 5.03. The topological polar surface area (TPSA) is 50.2 Å². The van der Waals surface area contributed by atoms with E-state index >= 15 is 0 Å². The molecule has 0 aliphatic heterocycles. The third-order valence-corrected chi connectivity index (χ3v) is 2.67. The van der Waals surface area contributed by atoms with Crippen molar-refractivity contribution >= 4 is 29.1 Å². The van der Waals surface area contributed by atoms with Gasteiger partial charge in [0.15, 0.2) is 0 Å². The molecule has 0 aromatic carbocycles. The third-order valence-electron chi connectivity index (χ3n) is 1.04. The van der Waals surface area contributed by atoms with E-state index in [4.69, 9.17) is 5.11 Å². The van der Waals surface area contributed by atoms with Crippen molar-refractivity contribution in [2.45, 2.75) is 11.4 Å². The van der Waals surface area contributed by atoms with Gasteiger partial charge in [-0.05, 0) is 6.26 Å². The molecule has 0 radical (unpaired) electrons. The Kier molecular flexibility index (Phi) is 2.90. The molecule has 1 rings (SSSR count). The highest BCUT2D eigenvalue weighted by atomic mass is 32.2. The lowest BCUT2D eigenvalue weighted by Gasteiger charge is -1.86. The fourth-order valence-electron chi connectivity index (χ4n) is 0.598. The van der Waals surface area contributed by atoms with Crippen LogP contribution >= 0.6 is 23.1 Å². The largest absolute Gasteiger partial charge is 0.481 e. The van der Waals surface area contributed by atoms with Crippen molar-refractivity contribution in [3.05, 3.63) is 10.4 Å². The molecule has 0 unspecified atom stereocenters. The van der Waals surface area contributed by atoms with E-state index in [0.29, 0.717) is 5.01 Å². The number of hydrogen-bond acceptors (Lipinski definition) is 4. The lowest BCUT2D eigenvalue weighted by molar-refractivity contribution is -0.136. The van der Waals surface area contributed by atoms with Crippen molar-refractivity contribution in [1.29, 1.82) is 0 Å². The fourth-order valence-corrected chi connectivity index (χ4v) is 2.03. The number of hydrogen-bond donors (Lipinski definition) is 1. The van der Waals surface area contributed by atoms with Crippen molar-refractivity contribution in [2.75, 3.05) is 6.26 Å². The maximum absolute atomic E-state index is 10.2. The molecule has 0 aliphatic rings. The molecule has 0 aliphatic carbocycles. The van der Waals surface area contributed by atoms with Gasteiger partial charge in [-0.15, -0.1) is 23.1 Å². The zero-order chi connectivity index (χ0) is 8.27. The van der Waals surface area contributed by atoms with Gasteiger partial charge in [-0.3, -0.25) is 4.79 Å². The number of carboxylic acid groups (broad SMARTS) is 1. The quantitative estimate of drug-likeness (QED) is 0.732. The van der Waals surface area contributed by atoms with E-state index < -0.39 is 5.97 Å². The van der Waals surface area contributed by atoms with Crippen LogP contribution in [0.2, 0.25) is 0 Å². The Labute approximate surface area is 72.5 Å². The molecule has 0 saturated heterocycles. The van der Waals surface area contributed by atoms with E-state index in [1.807, 2.05) is 11.6 Å². The maximum Gasteiger partial charge on any atom is 0.310 e. The van der Waals surface area contributed by atoms with Gasteiger partial charge in [0.2, 0.25) is 0 Å². The number of aromatic nitrogens is 1. The lowest BCUT2D eigenvalue weighted by Crippen LogP contribution is -1.98. The zero-order valence-electron chi connectivity index (χ0n) is 5.90. The molecule has 1 heterocycles. The summed E-state index contributed by atoms with van der Waals surface area (Å²) in [7, 11) is 0. The van der Waals surface area contributed by atoms with Crippen LogP contribution in [0.5, 0.6) is 0 Å². The maximum atomic E-state index is 10.2. The predicted octanol–water partition coefficient (Wildman–Crippen LogP) is 1.49. The highest BCUT2D eigenvalue weighted by Crippen LogP contribution is 2.18. The summed E-state index contributed by atoms with van der Waals surface area (Å²) in [5, 5.41) is 11.8. The number of nitrogens with zero attached hydrogens (tertiary/aromatic N) is 1. The van der Waals surface area contributed by atoms with E-state index in [9.17, 15) is 4.79 Å². The minimum atomic E-state index is -0.827. The fraction of sp³-hybridized carbons (Fsp3) is 0.333. The van der Waals surface area contributed by atoms with E-state index in [1.54, 1.807) is 0 Å². The minimum Gasteiger partial charge on any atom is -0.481 e. The van der Waals surface area contributed by atoms with E-state index in [0.717, 1.165) is 5.03 Å². The predicted molar refractivity (Wildman–Crippen MR) is 45.2 cm³/mol. The lowest BCUT2D eigenvalue weighted by atomic mass is 10.5. The average molecular weight is 189 g/mol. The molecule has 0 amide bonds. The molecule has 1 aromatic heterocycles. The Morgan fingerprint density at radius 3 is 3.09 bits per heavy atom. The summed E-state index contributed by atoms with van der Waals surface area (Å²) in [5.74, 6) is -0.827. The van der Waals surface area contributed by atoms with Gasteiger partial charge in [-0.1, -0.05) is 0 Å². The van der Waals surface area contributed by atoms with Crippen molar-refractivity contribution in [3.8, 4) is 0 Å². The van der Waals surface area contributed by atoms with Crippen LogP contribution in [-0.2, 0) is 11.2 Å². The molecular formula is C6H7NO2S2. The minimum absolute atomic E-state index is 0.0330. The number of carboxylic acids is 1. The molecule has 1 aromatic rings. The molecule has 11 heavy (non-hydrogen) atoms. The van der Waals surface area contributed by atoms with E-state index in [1.165, 1.54) is 23.1 Å². The second-order valence-corrected chi connectivity index (χ2v) is 3.62.